The van der Waals surface area contributed by atoms with Crippen LogP contribution in [0.15, 0.2) is 12.3 Å². The summed E-state index contributed by atoms with van der Waals surface area (Å²) in [7, 11) is 0. The Balaban J connectivity index is 1.86. The zero-order valence-electron chi connectivity index (χ0n) is 8.62. The first-order valence-electron chi connectivity index (χ1n) is 5.16. The molecule has 0 radical (unpaired) electrons. The summed E-state index contributed by atoms with van der Waals surface area (Å²) in [4.78, 5) is 0. The molecule has 0 aromatic rings. The summed E-state index contributed by atoms with van der Waals surface area (Å²) in [5.41, 5.74) is 0. The van der Waals surface area contributed by atoms with Crippen molar-refractivity contribution in [2.75, 3.05) is 26.3 Å². The maximum absolute atomic E-state index is 11.7. The lowest BCUT2D eigenvalue weighted by Crippen LogP contribution is -2.31. The van der Waals surface area contributed by atoms with Crippen LogP contribution >= 0.6 is 0 Å². The van der Waals surface area contributed by atoms with Crippen LogP contribution in [0.25, 0.3) is 0 Å². The molecule has 1 N–H and O–H groups in total. The monoisotopic (exact) mass is 221 g/mol. The second-order valence-electron chi connectivity index (χ2n) is 3.38. The molecule has 0 aromatic heterocycles. The summed E-state index contributed by atoms with van der Waals surface area (Å²) in [6.45, 7) is 1.15. The Labute approximate surface area is 88.4 Å². The van der Waals surface area contributed by atoms with Crippen molar-refractivity contribution in [3.8, 4) is 0 Å². The van der Waals surface area contributed by atoms with Gasteiger partial charge in [0.2, 0.25) is 0 Å². The molecule has 0 amide bonds. The van der Waals surface area contributed by atoms with Gasteiger partial charge in [-0.25, -0.2) is 8.78 Å². The minimum absolute atomic E-state index is 0.199. The van der Waals surface area contributed by atoms with Crippen LogP contribution in [-0.4, -0.2) is 38.8 Å². The van der Waals surface area contributed by atoms with Crippen LogP contribution in [0.4, 0.5) is 8.78 Å². The highest BCUT2D eigenvalue weighted by atomic mass is 19.3. The molecule has 0 saturated heterocycles. The van der Waals surface area contributed by atoms with Gasteiger partial charge in [-0.1, -0.05) is 0 Å². The Morgan fingerprint density at radius 1 is 1.53 bits per heavy atom. The third kappa shape index (κ3) is 6.41. The van der Waals surface area contributed by atoms with E-state index < -0.39 is 13.0 Å². The SMILES string of the molecule is FC(F)COCCNCC1CCC=CO1. The second-order valence-corrected chi connectivity index (χ2v) is 3.38. The highest BCUT2D eigenvalue weighted by Crippen LogP contribution is 2.08. The van der Waals surface area contributed by atoms with Gasteiger partial charge in [0, 0.05) is 13.1 Å². The van der Waals surface area contributed by atoms with Crippen LogP contribution in [0, 0.1) is 0 Å². The van der Waals surface area contributed by atoms with Gasteiger partial charge >= 0.3 is 0 Å². The Morgan fingerprint density at radius 3 is 3.07 bits per heavy atom. The topological polar surface area (TPSA) is 30.5 Å². The molecule has 0 aromatic carbocycles. The molecule has 1 aliphatic rings. The minimum atomic E-state index is -2.38. The number of nitrogens with one attached hydrogen (secondary N) is 1. The first kappa shape index (κ1) is 12.4. The average Bonchev–Trinajstić information content (AvgIpc) is 2.24. The first-order chi connectivity index (χ1) is 7.29. The zero-order chi connectivity index (χ0) is 10.9. The number of rotatable bonds is 7. The molecule has 0 saturated carbocycles. The van der Waals surface area contributed by atoms with Crippen molar-refractivity contribution < 1.29 is 18.3 Å². The Kier molecular flexibility index (Phi) is 6.27. The molecule has 0 aliphatic carbocycles. The van der Waals surface area contributed by atoms with E-state index in [-0.39, 0.29) is 6.10 Å². The first-order valence-corrected chi connectivity index (χ1v) is 5.16. The predicted molar refractivity (Wildman–Crippen MR) is 52.9 cm³/mol. The van der Waals surface area contributed by atoms with Crippen LogP contribution in [0.3, 0.4) is 0 Å². The summed E-state index contributed by atoms with van der Waals surface area (Å²) in [5.74, 6) is 0. The van der Waals surface area contributed by atoms with Gasteiger partial charge in [0.1, 0.15) is 12.7 Å². The van der Waals surface area contributed by atoms with Crippen molar-refractivity contribution in [1.29, 1.82) is 0 Å². The fraction of sp³-hybridized carbons (Fsp3) is 0.800. The third-order valence-electron chi connectivity index (χ3n) is 2.06. The summed E-state index contributed by atoms with van der Waals surface area (Å²) < 4.78 is 33.4. The second kappa shape index (κ2) is 7.59. The lowest BCUT2D eigenvalue weighted by atomic mass is 10.1. The fourth-order valence-electron chi connectivity index (χ4n) is 1.31. The molecule has 1 unspecified atom stereocenters. The molecule has 3 nitrogen and oxygen atoms in total. The molecule has 0 fully saturated rings. The van der Waals surface area contributed by atoms with Crippen molar-refractivity contribution in [2.24, 2.45) is 0 Å². The molecule has 1 rings (SSSR count). The van der Waals surface area contributed by atoms with E-state index >= 15 is 0 Å². The standard InChI is InChI=1S/C10H17F2NO2/c11-10(12)8-14-6-4-13-7-9-3-1-2-5-15-9/h2,5,9-10,13H,1,3-4,6-8H2. The summed E-state index contributed by atoms with van der Waals surface area (Å²) in [6, 6.07) is 0. The number of halogens is 2. The molecule has 88 valence electrons. The van der Waals surface area contributed by atoms with Gasteiger partial charge in [0.15, 0.2) is 0 Å². The van der Waals surface area contributed by atoms with Gasteiger partial charge in [0.25, 0.3) is 6.43 Å². The van der Waals surface area contributed by atoms with Gasteiger partial charge in [-0.05, 0) is 18.9 Å². The largest absolute Gasteiger partial charge is 0.497 e. The Hall–Kier alpha value is -0.680. The quantitative estimate of drug-likeness (QED) is 0.662. The maximum Gasteiger partial charge on any atom is 0.261 e. The van der Waals surface area contributed by atoms with Crippen LogP contribution < -0.4 is 5.32 Å². The van der Waals surface area contributed by atoms with Crippen molar-refractivity contribution >= 4 is 0 Å². The molecular weight excluding hydrogens is 204 g/mol. The van der Waals surface area contributed by atoms with E-state index in [4.69, 9.17) is 9.47 Å². The minimum Gasteiger partial charge on any atom is -0.497 e. The lowest BCUT2D eigenvalue weighted by molar-refractivity contribution is 0.0178. The van der Waals surface area contributed by atoms with Crippen LogP contribution in [0.2, 0.25) is 0 Å². The summed E-state index contributed by atoms with van der Waals surface area (Å²) >= 11 is 0. The Bertz CT molecular complexity index is 188. The zero-order valence-corrected chi connectivity index (χ0v) is 8.62. The number of hydrogen-bond donors (Lipinski definition) is 1. The van der Waals surface area contributed by atoms with Crippen LogP contribution in [-0.2, 0) is 9.47 Å². The van der Waals surface area contributed by atoms with E-state index in [2.05, 4.69) is 5.32 Å². The molecule has 0 bridgehead atoms. The molecule has 5 heteroatoms. The highest BCUT2D eigenvalue weighted by molar-refractivity contribution is 4.82. The van der Waals surface area contributed by atoms with Gasteiger partial charge in [0.05, 0.1) is 12.9 Å². The van der Waals surface area contributed by atoms with E-state index in [0.29, 0.717) is 13.2 Å². The molecule has 1 atom stereocenters. The van der Waals surface area contributed by atoms with E-state index in [1.54, 1.807) is 6.26 Å². The molecule has 15 heavy (non-hydrogen) atoms. The highest BCUT2D eigenvalue weighted by Gasteiger charge is 2.09. The fourth-order valence-corrected chi connectivity index (χ4v) is 1.31. The number of hydrogen-bond acceptors (Lipinski definition) is 3. The normalized spacial score (nSPS) is 20.6. The van der Waals surface area contributed by atoms with E-state index in [9.17, 15) is 8.78 Å². The smallest absolute Gasteiger partial charge is 0.261 e. The third-order valence-corrected chi connectivity index (χ3v) is 2.06. The number of ether oxygens (including phenoxy) is 2. The maximum atomic E-state index is 11.7. The van der Waals surface area contributed by atoms with E-state index in [1.165, 1.54) is 0 Å². The lowest BCUT2D eigenvalue weighted by Gasteiger charge is -2.19. The van der Waals surface area contributed by atoms with Gasteiger partial charge < -0.3 is 14.8 Å². The molecular formula is C10H17F2NO2. The van der Waals surface area contributed by atoms with Gasteiger partial charge in [-0.2, -0.15) is 0 Å². The van der Waals surface area contributed by atoms with Crippen molar-refractivity contribution in [3.05, 3.63) is 12.3 Å². The molecule has 0 spiro atoms. The summed E-state index contributed by atoms with van der Waals surface area (Å²) in [5, 5.41) is 3.10. The predicted octanol–water partition coefficient (Wildman–Crippen LogP) is 1.55. The van der Waals surface area contributed by atoms with Gasteiger partial charge in [-0.3, -0.25) is 0 Å². The van der Waals surface area contributed by atoms with Gasteiger partial charge in [-0.15, -0.1) is 0 Å². The Morgan fingerprint density at radius 2 is 2.40 bits per heavy atom. The van der Waals surface area contributed by atoms with E-state index in [0.717, 1.165) is 19.4 Å². The number of allylic oxidation sites excluding steroid dienone is 1. The van der Waals surface area contributed by atoms with Crippen molar-refractivity contribution in [1.82, 2.24) is 5.32 Å². The molecule has 1 heterocycles. The molecule has 1 aliphatic heterocycles. The van der Waals surface area contributed by atoms with Crippen molar-refractivity contribution in [2.45, 2.75) is 25.4 Å². The average molecular weight is 221 g/mol. The number of alkyl halides is 2. The van der Waals surface area contributed by atoms with Crippen molar-refractivity contribution in [3.63, 3.8) is 0 Å². The van der Waals surface area contributed by atoms with E-state index in [1.807, 2.05) is 6.08 Å². The van der Waals surface area contributed by atoms with Crippen LogP contribution in [0.5, 0.6) is 0 Å². The summed E-state index contributed by atoms with van der Waals surface area (Å²) in [6.07, 6.45) is 3.56. The van der Waals surface area contributed by atoms with Crippen LogP contribution in [0.1, 0.15) is 12.8 Å².